The topological polar surface area (TPSA) is 64.2 Å². The molecular formula is C12H13ClN4O2. The Morgan fingerprint density at radius 2 is 2.32 bits per heavy atom. The highest BCUT2D eigenvalue weighted by atomic mass is 35.5. The predicted molar refractivity (Wildman–Crippen MR) is 67.9 cm³/mol. The van der Waals surface area contributed by atoms with Crippen LogP contribution >= 0.6 is 11.6 Å². The van der Waals surface area contributed by atoms with Gasteiger partial charge in [-0.05, 0) is 6.92 Å². The number of aromatic nitrogens is 3. The van der Waals surface area contributed by atoms with Crippen LogP contribution in [0.15, 0.2) is 10.8 Å². The van der Waals surface area contributed by atoms with Gasteiger partial charge in [0.1, 0.15) is 12.0 Å². The zero-order valence-electron chi connectivity index (χ0n) is 10.7. The van der Waals surface area contributed by atoms with Gasteiger partial charge in [-0.15, -0.1) is 0 Å². The number of halogens is 1. The molecule has 0 saturated heterocycles. The van der Waals surface area contributed by atoms with E-state index in [0.717, 1.165) is 11.3 Å². The van der Waals surface area contributed by atoms with Crippen molar-refractivity contribution in [1.29, 1.82) is 0 Å². The van der Waals surface area contributed by atoms with E-state index in [1.807, 2.05) is 0 Å². The third-order valence-corrected chi connectivity index (χ3v) is 3.80. The number of fused-ring (bicyclic) bond motifs is 1. The average molecular weight is 281 g/mol. The van der Waals surface area contributed by atoms with Gasteiger partial charge in [0.15, 0.2) is 0 Å². The number of rotatable bonds is 1. The monoisotopic (exact) mass is 280 g/mol. The van der Waals surface area contributed by atoms with Crippen LogP contribution in [0.4, 0.5) is 0 Å². The van der Waals surface area contributed by atoms with Crippen LogP contribution in [0.25, 0.3) is 0 Å². The Morgan fingerprint density at radius 3 is 3.00 bits per heavy atom. The molecule has 0 aliphatic carbocycles. The first-order valence-corrected chi connectivity index (χ1v) is 6.36. The minimum Gasteiger partial charge on any atom is -0.364 e. The van der Waals surface area contributed by atoms with Crippen molar-refractivity contribution in [3.05, 3.63) is 33.9 Å². The first-order valence-electron chi connectivity index (χ1n) is 5.98. The summed E-state index contributed by atoms with van der Waals surface area (Å²) >= 11 is 6.15. The van der Waals surface area contributed by atoms with E-state index >= 15 is 0 Å². The van der Waals surface area contributed by atoms with Gasteiger partial charge in [-0.1, -0.05) is 16.8 Å². The molecule has 0 spiro atoms. The van der Waals surface area contributed by atoms with Crippen LogP contribution in [0.2, 0.25) is 5.02 Å². The maximum Gasteiger partial charge on any atom is 0.273 e. The van der Waals surface area contributed by atoms with Crippen molar-refractivity contribution in [2.24, 2.45) is 7.05 Å². The van der Waals surface area contributed by atoms with E-state index in [4.69, 9.17) is 16.1 Å². The molecular weight excluding hydrogens is 268 g/mol. The molecule has 0 unspecified atom stereocenters. The van der Waals surface area contributed by atoms with Gasteiger partial charge >= 0.3 is 0 Å². The van der Waals surface area contributed by atoms with Crippen LogP contribution in [0.5, 0.6) is 0 Å². The molecule has 0 radical (unpaired) electrons. The summed E-state index contributed by atoms with van der Waals surface area (Å²) in [6, 6.07) is 0. The molecule has 3 heterocycles. The zero-order valence-corrected chi connectivity index (χ0v) is 11.4. The lowest BCUT2D eigenvalue weighted by Crippen LogP contribution is -2.36. The molecule has 2 aromatic rings. The van der Waals surface area contributed by atoms with Crippen LogP contribution in [-0.4, -0.2) is 32.3 Å². The second-order valence-electron chi connectivity index (χ2n) is 4.63. The highest BCUT2D eigenvalue weighted by molar-refractivity contribution is 6.34. The molecule has 2 aromatic heterocycles. The first kappa shape index (κ1) is 12.2. The Hall–Kier alpha value is -1.82. The highest BCUT2D eigenvalue weighted by Gasteiger charge is 2.28. The third kappa shape index (κ3) is 1.92. The van der Waals surface area contributed by atoms with Crippen LogP contribution < -0.4 is 0 Å². The summed E-state index contributed by atoms with van der Waals surface area (Å²) in [5.74, 6) is -0.111. The molecule has 0 aromatic carbocycles. The van der Waals surface area contributed by atoms with Gasteiger partial charge in [0.05, 0.1) is 23.0 Å². The summed E-state index contributed by atoms with van der Waals surface area (Å²) in [6.07, 6.45) is 2.29. The lowest BCUT2D eigenvalue weighted by atomic mass is 10.1. The number of hydrogen-bond acceptors (Lipinski definition) is 4. The Bertz CT molecular complexity index is 646. The van der Waals surface area contributed by atoms with Crippen molar-refractivity contribution in [3.8, 4) is 0 Å². The molecule has 1 aliphatic heterocycles. The summed E-state index contributed by atoms with van der Waals surface area (Å²) in [4.78, 5) is 14.3. The summed E-state index contributed by atoms with van der Waals surface area (Å²) < 4.78 is 6.45. The number of hydrogen-bond donors (Lipinski definition) is 0. The van der Waals surface area contributed by atoms with E-state index in [0.29, 0.717) is 35.9 Å². The molecule has 0 N–H and O–H groups in total. The van der Waals surface area contributed by atoms with Crippen LogP contribution in [0.3, 0.4) is 0 Å². The normalized spacial score (nSPS) is 14.6. The first-order chi connectivity index (χ1) is 9.08. The number of aryl methyl sites for hydroxylation is 2. The quantitative estimate of drug-likeness (QED) is 0.795. The maximum absolute atomic E-state index is 12.5. The van der Waals surface area contributed by atoms with Crippen molar-refractivity contribution in [1.82, 2.24) is 19.8 Å². The maximum atomic E-state index is 12.5. The number of carbonyl (C=O) groups is 1. The second kappa shape index (κ2) is 4.38. The fraction of sp³-hybridized carbons (Fsp3) is 0.417. The molecule has 7 heteroatoms. The minimum atomic E-state index is -0.111. The van der Waals surface area contributed by atoms with E-state index in [9.17, 15) is 4.79 Å². The molecule has 100 valence electrons. The summed E-state index contributed by atoms with van der Waals surface area (Å²) in [5, 5.41) is 8.49. The third-order valence-electron chi connectivity index (χ3n) is 3.35. The largest absolute Gasteiger partial charge is 0.364 e. The van der Waals surface area contributed by atoms with E-state index in [-0.39, 0.29) is 5.91 Å². The SMILES string of the molecule is Cc1nn(C)c(C(=O)N2CCc3nocc3C2)c1Cl. The van der Waals surface area contributed by atoms with E-state index in [1.54, 1.807) is 25.1 Å². The highest BCUT2D eigenvalue weighted by Crippen LogP contribution is 2.24. The van der Waals surface area contributed by atoms with Gasteiger partial charge in [0, 0.05) is 25.6 Å². The van der Waals surface area contributed by atoms with E-state index in [1.165, 1.54) is 4.68 Å². The van der Waals surface area contributed by atoms with Gasteiger partial charge < -0.3 is 9.42 Å². The molecule has 3 rings (SSSR count). The van der Waals surface area contributed by atoms with E-state index in [2.05, 4.69) is 10.3 Å². The standard InChI is InChI=1S/C12H13ClN4O2/c1-7-10(13)11(16(2)14-7)12(18)17-4-3-9-8(5-17)6-19-15-9/h6H,3-5H2,1-2H3. The molecule has 0 saturated carbocycles. The predicted octanol–water partition coefficient (Wildman–Crippen LogP) is 1.57. The Balaban J connectivity index is 1.90. The number of amides is 1. The summed E-state index contributed by atoms with van der Waals surface area (Å²) in [6.45, 7) is 2.89. The smallest absolute Gasteiger partial charge is 0.273 e. The van der Waals surface area contributed by atoms with Crippen molar-refractivity contribution in [2.75, 3.05) is 6.54 Å². The summed E-state index contributed by atoms with van der Waals surface area (Å²) in [7, 11) is 1.72. The average Bonchev–Trinajstić information content (AvgIpc) is 2.94. The summed E-state index contributed by atoms with van der Waals surface area (Å²) in [5.41, 5.74) is 2.97. The Labute approximate surface area is 114 Å². The van der Waals surface area contributed by atoms with Gasteiger partial charge in [-0.2, -0.15) is 5.10 Å². The second-order valence-corrected chi connectivity index (χ2v) is 5.01. The van der Waals surface area contributed by atoms with E-state index < -0.39 is 0 Å². The molecule has 0 fully saturated rings. The molecule has 1 amide bonds. The lowest BCUT2D eigenvalue weighted by molar-refractivity contribution is 0.0723. The van der Waals surface area contributed by atoms with Gasteiger partial charge in [0.2, 0.25) is 0 Å². The minimum absolute atomic E-state index is 0.111. The molecule has 0 atom stereocenters. The Kier molecular flexibility index (Phi) is 2.82. The van der Waals surface area contributed by atoms with Gasteiger partial charge in [-0.3, -0.25) is 9.48 Å². The van der Waals surface area contributed by atoms with Gasteiger partial charge in [-0.25, -0.2) is 0 Å². The van der Waals surface area contributed by atoms with Crippen molar-refractivity contribution < 1.29 is 9.32 Å². The van der Waals surface area contributed by atoms with Crippen LogP contribution in [0.1, 0.15) is 27.4 Å². The lowest BCUT2D eigenvalue weighted by Gasteiger charge is -2.25. The molecule has 1 aliphatic rings. The molecule has 19 heavy (non-hydrogen) atoms. The van der Waals surface area contributed by atoms with Crippen LogP contribution in [0, 0.1) is 6.92 Å². The Morgan fingerprint density at radius 1 is 1.53 bits per heavy atom. The zero-order chi connectivity index (χ0) is 13.6. The fourth-order valence-electron chi connectivity index (χ4n) is 2.33. The van der Waals surface area contributed by atoms with Crippen molar-refractivity contribution >= 4 is 17.5 Å². The number of carbonyl (C=O) groups excluding carboxylic acids is 1. The van der Waals surface area contributed by atoms with Crippen LogP contribution in [-0.2, 0) is 20.0 Å². The number of nitrogens with zero attached hydrogens (tertiary/aromatic N) is 4. The van der Waals surface area contributed by atoms with Crippen molar-refractivity contribution in [2.45, 2.75) is 19.9 Å². The molecule has 6 nitrogen and oxygen atoms in total. The fourth-order valence-corrected chi connectivity index (χ4v) is 2.57. The van der Waals surface area contributed by atoms with Crippen molar-refractivity contribution in [3.63, 3.8) is 0 Å². The van der Waals surface area contributed by atoms with Gasteiger partial charge in [0.25, 0.3) is 5.91 Å². The molecule has 0 bridgehead atoms.